The SMILES string of the molecule is CCCCNC(=O)[C@@H](C)N(Cc1ccc(Cl)cc1)C(=O)CCCN(c1ccc2c(c1)OCO2)S(C)(=O)=O. The molecular formula is C26H34ClN3O6S. The Bertz CT molecular complexity index is 1190. The quantitative estimate of drug-likeness (QED) is 0.378. The van der Waals surface area contributed by atoms with E-state index in [9.17, 15) is 18.0 Å². The smallest absolute Gasteiger partial charge is 0.242 e. The van der Waals surface area contributed by atoms with E-state index in [2.05, 4.69) is 5.32 Å². The standard InChI is InChI=1S/C26H34ClN3O6S/c1-4-5-14-28-26(32)19(2)29(17-20-8-10-21(27)11-9-20)25(31)7-6-15-30(37(3,33)34)22-12-13-23-24(16-22)36-18-35-23/h8-13,16,19H,4-7,14-15,17-18H2,1-3H3,(H,28,32)/t19-/m1/s1. The first-order valence-corrected chi connectivity index (χ1v) is 14.5. The van der Waals surface area contributed by atoms with Gasteiger partial charge in [0, 0.05) is 37.1 Å². The Labute approximate surface area is 223 Å². The van der Waals surface area contributed by atoms with Gasteiger partial charge in [-0.15, -0.1) is 0 Å². The molecule has 1 aliphatic rings. The molecule has 0 unspecified atom stereocenters. The summed E-state index contributed by atoms with van der Waals surface area (Å²) >= 11 is 6.00. The van der Waals surface area contributed by atoms with Gasteiger partial charge in [-0.05, 0) is 49.6 Å². The molecule has 0 saturated heterocycles. The third-order valence-electron chi connectivity index (χ3n) is 6.06. The molecule has 202 valence electrons. The van der Waals surface area contributed by atoms with E-state index >= 15 is 0 Å². The molecule has 0 aliphatic carbocycles. The Balaban J connectivity index is 1.70. The lowest BCUT2D eigenvalue weighted by molar-refractivity contribution is -0.140. The molecule has 0 fully saturated rings. The molecule has 11 heteroatoms. The largest absolute Gasteiger partial charge is 0.454 e. The van der Waals surface area contributed by atoms with E-state index in [1.807, 2.05) is 19.1 Å². The van der Waals surface area contributed by atoms with Gasteiger partial charge in [0.1, 0.15) is 6.04 Å². The maximum absolute atomic E-state index is 13.3. The topological polar surface area (TPSA) is 105 Å². The van der Waals surface area contributed by atoms with Crippen LogP contribution < -0.4 is 19.1 Å². The van der Waals surface area contributed by atoms with Crippen LogP contribution in [-0.2, 0) is 26.2 Å². The number of ether oxygens (including phenoxy) is 2. The zero-order chi connectivity index (χ0) is 27.0. The van der Waals surface area contributed by atoms with Gasteiger partial charge in [-0.3, -0.25) is 13.9 Å². The van der Waals surface area contributed by atoms with Crippen molar-refractivity contribution in [1.29, 1.82) is 0 Å². The Morgan fingerprint density at radius 3 is 2.46 bits per heavy atom. The van der Waals surface area contributed by atoms with Crippen LogP contribution in [0.1, 0.15) is 45.1 Å². The predicted molar refractivity (Wildman–Crippen MR) is 143 cm³/mol. The van der Waals surface area contributed by atoms with Crippen molar-refractivity contribution in [3.05, 3.63) is 53.1 Å². The first-order chi connectivity index (χ1) is 17.6. The highest BCUT2D eigenvalue weighted by atomic mass is 35.5. The number of carbonyl (C=O) groups is 2. The first-order valence-electron chi connectivity index (χ1n) is 12.3. The highest BCUT2D eigenvalue weighted by molar-refractivity contribution is 7.92. The highest BCUT2D eigenvalue weighted by Gasteiger charge is 2.27. The van der Waals surface area contributed by atoms with Crippen molar-refractivity contribution < 1.29 is 27.5 Å². The fourth-order valence-electron chi connectivity index (χ4n) is 3.95. The van der Waals surface area contributed by atoms with E-state index in [-0.39, 0.29) is 44.5 Å². The van der Waals surface area contributed by atoms with E-state index in [0.717, 1.165) is 24.7 Å². The molecule has 0 saturated carbocycles. The average Bonchev–Trinajstić information content (AvgIpc) is 3.33. The van der Waals surface area contributed by atoms with Crippen LogP contribution in [0.25, 0.3) is 0 Å². The van der Waals surface area contributed by atoms with Gasteiger partial charge in [0.15, 0.2) is 11.5 Å². The summed E-state index contributed by atoms with van der Waals surface area (Å²) in [6, 6.07) is 11.3. The van der Waals surface area contributed by atoms with Crippen molar-refractivity contribution in [2.75, 3.05) is 30.4 Å². The van der Waals surface area contributed by atoms with E-state index in [0.29, 0.717) is 28.8 Å². The number of sulfonamides is 1. The van der Waals surface area contributed by atoms with Crippen molar-refractivity contribution >= 4 is 39.1 Å². The van der Waals surface area contributed by atoms with Crippen LogP contribution >= 0.6 is 11.6 Å². The molecule has 0 radical (unpaired) electrons. The number of fused-ring (bicyclic) bond motifs is 1. The van der Waals surface area contributed by atoms with E-state index in [4.69, 9.17) is 21.1 Å². The maximum Gasteiger partial charge on any atom is 0.242 e. The summed E-state index contributed by atoms with van der Waals surface area (Å²) in [5.74, 6) is 0.553. The summed E-state index contributed by atoms with van der Waals surface area (Å²) in [7, 11) is -3.61. The summed E-state index contributed by atoms with van der Waals surface area (Å²) < 4.78 is 37.0. The van der Waals surface area contributed by atoms with Gasteiger partial charge in [0.2, 0.25) is 28.6 Å². The predicted octanol–water partition coefficient (Wildman–Crippen LogP) is 3.95. The van der Waals surface area contributed by atoms with Gasteiger partial charge in [-0.2, -0.15) is 0 Å². The summed E-state index contributed by atoms with van der Waals surface area (Å²) in [4.78, 5) is 27.6. The minimum Gasteiger partial charge on any atom is -0.454 e. The molecule has 1 heterocycles. The molecule has 0 bridgehead atoms. The second-order valence-electron chi connectivity index (χ2n) is 8.94. The number of carbonyl (C=O) groups excluding carboxylic acids is 2. The molecule has 9 nitrogen and oxygen atoms in total. The van der Waals surface area contributed by atoms with Gasteiger partial charge in [-0.1, -0.05) is 37.1 Å². The number of hydrogen-bond acceptors (Lipinski definition) is 6. The number of unbranched alkanes of at least 4 members (excludes halogenated alkanes) is 1. The van der Waals surface area contributed by atoms with Crippen LogP contribution in [0.15, 0.2) is 42.5 Å². The van der Waals surface area contributed by atoms with Crippen molar-refractivity contribution in [3.8, 4) is 11.5 Å². The minimum atomic E-state index is -3.61. The summed E-state index contributed by atoms with van der Waals surface area (Å²) in [6.07, 6.45) is 3.25. The molecule has 2 amide bonds. The van der Waals surface area contributed by atoms with Crippen molar-refractivity contribution in [1.82, 2.24) is 10.2 Å². The second kappa shape index (κ2) is 13.0. The molecule has 2 aromatic rings. The van der Waals surface area contributed by atoms with Gasteiger partial charge in [0.05, 0.1) is 11.9 Å². The first kappa shape index (κ1) is 28.6. The van der Waals surface area contributed by atoms with Crippen molar-refractivity contribution in [3.63, 3.8) is 0 Å². The van der Waals surface area contributed by atoms with Gasteiger partial charge in [-0.25, -0.2) is 8.42 Å². The molecule has 0 spiro atoms. The molecule has 3 rings (SSSR count). The fourth-order valence-corrected chi connectivity index (χ4v) is 5.03. The third kappa shape index (κ3) is 8.00. The summed E-state index contributed by atoms with van der Waals surface area (Å²) in [5, 5.41) is 3.47. The van der Waals surface area contributed by atoms with E-state index < -0.39 is 16.1 Å². The molecule has 37 heavy (non-hydrogen) atoms. The number of amides is 2. The lowest BCUT2D eigenvalue weighted by atomic mass is 10.1. The highest BCUT2D eigenvalue weighted by Crippen LogP contribution is 2.36. The van der Waals surface area contributed by atoms with Gasteiger partial charge < -0.3 is 19.7 Å². The maximum atomic E-state index is 13.3. The van der Waals surface area contributed by atoms with Crippen LogP contribution in [-0.4, -0.2) is 57.3 Å². The molecular weight excluding hydrogens is 518 g/mol. The third-order valence-corrected chi connectivity index (χ3v) is 7.51. The van der Waals surface area contributed by atoms with Crippen LogP contribution in [0, 0.1) is 0 Å². The summed E-state index contributed by atoms with van der Waals surface area (Å²) in [5.41, 5.74) is 1.27. The number of nitrogens with zero attached hydrogens (tertiary/aromatic N) is 2. The van der Waals surface area contributed by atoms with Crippen LogP contribution in [0.2, 0.25) is 5.02 Å². The molecule has 1 aliphatic heterocycles. The molecule has 1 atom stereocenters. The number of anilines is 1. The van der Waals surface area contributed by atoms with Crippen LogP contribution in [0.3, 0.4) is 0 Å². The monoisotopic (exact) mass is 551 g/mol. The number of rotatable bonds is 13. The Morgan fingerprint density at radius 2 is 1.78 bits per heavy atom. The van der Waals surface area contributed by atoms with E-state index in [1.54, 1.807) is 37.3 Å². The minimum absolute atomic E-state index is 0.0662. The molecule has 0 aromatic heterocycles. The van der Waals surface area contributed by atoms with Crippen LogP contribution in [0.4, 0.5) is 5.69 Å². The van der Waals surface area contributed by atoms with Crippen LogP contribution in [0.5, 0.6) is 11.5 Å². The molecule has 2 aromatic carbocycles. The number of hydrogen-bond donors (Lipinski definition) is 1. The fraction of sp³-hybridized carbons (Fsp3) is 0.462. The van der Waals surface area contributed by atoms with Crippen molar-refractivity contribution in [2.45, 2.75) is 52.1 Å². The summed E-state index contributed by atoms with van der Waals surface area (Å²) in [6.45, 7) is 4.69. The Kier molecular flexibility index (Phi) is 10.0. The second-order valence-corrected chi connectivity index (χ2v) is 11.3. The lowest BCUT2D eigenvalue weighted by Gasteiger charge is -2.29. The Morgan fingerprint density at radius 1 is 1.08 bits per heavy atom. The zero-order valence-corrected chi connectivity index (χ0v) is 23.0. The lowest BCUT2D eigenvalue weighted by Crippen LogP contribution is -2.47. The number of benzene rings is 2. The Hall–Kier alpha value is -2.98. The zero-order valence-electron chi connectivity index (χ0n) is 21.4. The number of halogens is 1. The average molecular weight is 552 g/mol. The molecule has 1 N–H and O–H groups in total. The van der Waals surface area contributed by atoms with E-state index in [1.165, 1.54) is 9.21 Å². The van der Waals surface area contributed by atoms with Gasteiger partial charge >= 0.3 is 0 Å². The van der Waals surface area contributed by atoms with Gasteiger partial charge in [0.25, 0.3) is 0 Å². The van der Waals surface area contributed by atoms with Crippen molar-refractivity contribution in [2.24, 2.45) is 0 Å². The normalized spacial score (nSPS) is 13.2. The number of nitrogens with one attached hydrogen (secondary N) is 1.